The minimum absolute atomic E-state index is 0.553. The van der Waals surface area contributed by atoms with Crippen molar-refractivity contribution < 1.29 is 13.2 Å². The molecule has 0 saturated carbocycles. The van der Waals surface area contributed by atoms with Crippen molar-refractivity contribution in [1.82, 2.24) is 9.78 Å². The number of alkyl halides is 3. The topological polar surface area (TPSA) is 64.2 Å². The predicted molar refractivity (Wildman–Crippen MR) is 78.4 cm³/mol. The van der Waals surface area contributed by atoms with Gasteiger partial charge in [-0.25, -0.2) is 4.68 Å². The van der Waals surface area contributed by atoms with E-state index in [-0.39, 0.29) is 0 Å². The molecule has 1 atom stereocenters. The van der Waals surface area contributed by atoms with Crippen molar-refractivity contribution in [3.63, 3.8) is 0 Å². The summed E-state index contributed by atoms with van der Waals surface area (Å²) in [6, 6.07) is 1.25. The van der Waals surface area contributed by atoms with Gasteiger partial charge in [-0.1, -0.05) is 19.1 Å². The molecule has 0 spiro atoms. The lowest BCUT2D eigenvalue weighted by atomic mass is 10.1. The van der Waals surface area contributed by atoms with Crippen molar-refractivity contribution in [2.75, 3.05) is 18.5 Å². The number of halogens is 3. The molecule has 1 rings (SSSR count). The van der Waals surface area contributed by atoms with Gasteiger partial charge < -0.3 is 10.6 Å². The Balaban J connectivity index is 3.00. The Bertz CT molecular complexity index is 558. The van der Waals surface area contributed by atoms with Crippen LogP contribution in [0, 0.1) is 5.92 Å². The molecule has 0 aromatic carbocycles. The average Bonchev–Trinajstić information content (AvgIpc) is 2.35. The zero-order valence-corrected chi connectivity index (χ0v) is 12.5. The van der Waals surface area contributed by atoms with Gasteiger partial charge in [-0.05, 0) is 6.42 Å². The van der Waals surface area contributed by atoms with E-state index in [1.807, 2.05) is 6.92 Å². The lowest BCUT2D eigenvalue weighted by Crippen LogP contribution is -2.40. The Morgan fingerprint density at radius 1 is 1.57 bits per heavy atom. The van der Waals surface area contributed by atoms with Crippen LogP contribution in [0.5, 0.6) is 0 Å². The lowest BCUT2D eigenvalue weighted by Gasteiger charge is -2.21. The third-order valence-electron chi connectivity index (χ3n) is 2.95. The number of rotatable bonds is 6. The van der Waals surface area contributed by atoms with Crippen LogP contribution in [0.15, 0.2) is 17.1 Å². The van der Waals surface area contributed by atoms with Gasteiger partial charge in [0.1, 0.15) is 5.92 Å². The molecule has 1 unspecified atom stereocenters. The van der Waals surface area contributed by atoms with Gasteiger partial charge in [0, 0.05) is 19.7 Å². The van der Waals surface area contributed by atoms with E-state index in [0.29, 0.717) is 12.2 Å². The molecule has 9 heteroatoms. The Morgan fingerprint density at radius 3 is 2.62 bits per heavy atom. The summed E-state index contributed by atoms with van der Waals surface area (Å²) < 4.78 is 39.1. The summed E-state index contributed by atoms with van der Waals surface area (Å²) >= 11 is 4.42. The second-order valence-electron chi connectivity index (χ2n) is 4.65. The van der Waals surface area contributed by atoms with Crippen LogP contribution in [0.2, 0.25) is 0 Å². The number of thiocarbonyl (C=S) groups is 1. The molecular weight excluding hydrogens is 305 g/mol. The highest BCUT2D eigenvalue weighted by atomic mass is 32.1. The number of nitrogens with two attached hydrogens (primary N) is 1. The molecule has 1 heterocycles. The first-order valence-corrected chi connectivity index (χ1v) is 6.72. The molecule has 1 aromatic rings. The molecular formula is C12H17F3N4OS. The van der Waals surface area contributed by atoms with Crippen molar-refractivity contribution in [2.24, 2.45) is 11.7 Å². The van der Waals surface area contributed by atoms with Crippen LogP contribution in [0.4, 0.5) is 18.9 Å². The molecule has 0 aliphatic carbocycles. The van der Waals surface area contributed by atoms with Gasteiger partial charge in [0.05, 0.1) is 23.4 Å². The van der Waals surface area contributed by atoms with Gasteiger partial charge in [0.25, 0.3) is 5.56 Å². The second kappa shape index (κ2) is 6.88. The van der Waals surface area contributed by atoms with Crippen molar-refractivity contribution in [3.05, 3.63) is 22.6 Å². The van der Waals surface area contributed by atoms with Crippen molar-refractivity contribution in [1.29, 1.82) is 0 Å². The zero-order valence-electron chi connectivity index (χ0n) is 11.7. The third kappa shape index (κ3) is 4.69. The summed E-state index contributed by atoms with van der Waals surface area (Å²) in [5, 5.41) is 3.76. The highest BCUT2D eigenvalue weighted by Gasteiger charge is 2.42. The predicted octanol–water partition coefficient (Wildman–Crippen LogP) is 1.55. The van der Waals surface area contributed by atoms with Crippen LogP contribution in [0.1, 0.15) is 13.3 Å². The van der Waals surface area contributed by atoms with Crippen LogP contribution in [0.25, 0.3) is 0 Å². The van der Waals surface area contributed by atoms with Gasteiger partial charge in [0.2, 0.25) is 0 Å². The molecule has 118 valence electrons. The molecule has 0 bridgehead atoms. The summed E-state index contributed by atoms with van der Waals surface area (Å²) in [7, 11) is 1.78. The molecule has 0 aliphatic heterocycles. The highest BCUT2D eigenvalue weighted by molar-refractivity contribution is 7.80. The minimum Gasteiger partial charge on any atom is -0.393 e. The van der Waals surface area contributed by atoms with E-state index in [1.54, 1.807) is 11.9 Å². The number of nitrogens with zero attached hydrogens (tertiary/aromatic N) is 3. The monoisotopic (exact) mass is 322 g/mol. The van der Waals surface area contributed by atoms with Crippen LogP contribution >= 0.6 is 12.2 Å². The maximum atomic E-state index is 12.8. The summed E-state index contributed by atoms with van der Waals surface area (Å²) in [6.07, 6.45) is -2.38. The number of hydrogen-bond acceptors (Lipinski definition) is 4. The Labute approximate surface area is 125 Å². The van der Waals surface area contributed by atoms with E-state index in [0.717, 1.165) is 11.1 Å². The summed E-state index contributed by atoms with van der Waals surface area (Å²) in [6.45, 7) is 1.97. The van der Waals surface area contributed by atoms with Crippen LogP contribution in [-0.2, 0) is 6.54 Å². The summed E-state index contributed by atoms with van der Waals surface area (Å²) in [5.41, 5.74) is 5.03. The molecule has 0 amide bonds. The van der Waals surface area contributed by atoms with Crippen molar-refractivity contribution in [3.8, 4) is 0 Å². The van der Waals surface area contributed by atoms with Crippen LogP contribution < -0.4 is 16.2 Å². The van der Waals surface area contributed by atoms with E-state index >= 15 is 0 Å². The van der Waals surface area contributed by atoms with E-state index < -0.39 is 29.2 Å². The smallest absolute Gasteiger partial charge is 0.393 e. The third-order valence-corrected chi connectivity index (χ3v) is 3.23. The average molecular weight is 322 g/mol. The van der Waals surface area contributed by atoms with E-state index in [1.165, 1.54) is 12.3 Å². The SMILES string of the molecule is CCCN(C)c1cnn(CC(C(N)=S)C(F)(F)F)c(=O)c1. The zero-order chi connectivity index (χ0) is 16.2. The molecule has 2 N–H and O–H groups in total. The Kier molecular flexibility index (Phi) is 5.70. The maximum absolute atomic E-state index is 12.8. The molecule has 21 heavy (non-hydrogen) atoms. The van der Waals surface area contributed by atoms with Crippen LogP contribution in [-0.4, -0.2) is 34.5 Å². The van der Waals surface area contributed by atoms with Gasteiger partial charge in [-0.3, -0.25) is 4.79 Å². The minimum atomic E-state index is -4.61. The van der Waals surface area contributed by atoms with Gasteiger partial charge in [0.15, 0.2) is 0 Å². The molecule has 0 radical (unpaired) electrons. The normalized spacial score (nSPS) is 13.0. The summed E-state index contributed by atoms with van der Waals surface area (Å²) in [5.74, 6) is -2.07. The van der Waals surface area contributed by atoms with E-state index in [4.69, 9.17) is 5.73 Å². The Morgan fingerprint density at radius 2 is 2.19 bits per heavy atom. The summed E-state index contributed by atoms with van der Waals surface area (Å²) in [4.78, 5) is 13.0. The second-order valence-corrected chi connectivity index (χ2v) is 5.12. The first-order valence-electron chi connectivity index (χ1n) is 6.31. The fraction of sp³-hybridized carbons (Fsp3) is 0.583. The molecule has 1 aromatic heterocycles. The molecule has 0 aliphatic rings. The van der Waals surface area contributed by atoms with Gasteiger partial charge >= 0.3 is 6.18 Å². The Hall–Kier alpha value is -1.64. The van der Waals surface area contributed by atoms with Gasteiger partial charge in [-0.2, -0.15) is 18.3 Å². The van der Waals surface area contributed by atoms with Gasteiger partial charge in [-0.15, -0.1) is 0 Å². The van der Waals surface area contributed by atoms with Crippen molar-refractivity contribution in [2.45, 2.75) is 26.1 Å². The first kappa shape index (κ1) is 17.4. The molecule has 5 nitrogen and oxygen atoms in total. The quantitative estimate of drug-likeness (QED) is 0.805. The highest BCUT2D eigenvalue weighted by Crippen LogP contribution is 2.27. The van der Waals surface area contributed by atoms with Crippen LogP contribution in [0.3, 0.4) is 0 Å². The first-order chi connectivity index (χ1) is 9.66. The number of aromatic nitrogens is 2. The fourth-order valence-corrected chi connectivity index (χ4v) is 1.97. The lowest BCUT2D eigenvalue weighted by molar-refractivity contribution is -0.158. The van der Waals surface area contributed by atoms with E-state index in [9.17, 15) is 18.0 Å². The number of hydrogen-bond donors (Lipinski definition) is 1. The number of anilines is 1. The maximum Gasteiger partial charge on any atom is 0.399 e. The molecule has 0 saturated heterocycles. The van der Waals surface area contributed by atoms with E-state index in [2.05, 4.69) is 17.3 Å². The van der Waals surface area contributed by atoms with Crippen molar-refractivity contribution >= 4 is 22.9 Å². The molecule has 0 fully saturated rings. The largest absolute Gasteiger partial charge is 0.399 e. The standard InChI is InChI=1S/C12H17F3N4OS/c1-3-4-18(2)8-5-10(20)19(17-6-8)7-9(11(16)21)12(13,14)15/h5-6,9H,3-4,7H2,1-2H3,(H2,16,21). The fourth-order valence-electron chi connectivity index (χ4n) is 1.76.